The molecule has 160 valence electrons. The zero-order chi connectivity index (χ0) is 19.7. The van der Waals surface area contributed by atoms with Gasteiger partial charge in [0.2, 0.25) is 0 Å². The number of aliphatic hydroxyl groups excluding tert-OH is 1. The molecule has 27 heavy (non-hydrogen) atoms. The number of hydrogen-bond donors (Lipinski definition) is 1. The van der Waals surface area contributed by atoms with E-state index in [9.17, 15) is 9.90 Å². The predicted molar refractivity (Wildman–Crippen MR) is 114 cm³/mol. The van der Waals surface area contributed by atoms with Crippen molar-refractivity contribution in [1.82, 2.24) is 0 Å². The summed E-state index contributed by atoms with van der Waals surface area (Å²) >= 11 is 0. The maximum absolute atomic E-state index is 11.7. The minimum absolute atomic E-state index is 0.0262. The highest BCUT2D eigenvalue weighted by atomic mass is 16.6. The van der Waals surface area contributed by atoms with Gasteiger partial charge in [-0.1, -0.05) is 110 Å². The molecule has 3 atom stereocenters. The topological polar surface area (TPSA) is 46.5 Å². The average Bonchev–Trinajstić information content (AvgIpc) is 2.65. The van der Waals surface area contributed by atoms with Crippen LogP contribution in [0.25, 0.3) is 0 Å². The van der Waals surface area contributed by atoms with E-state index in [1.807, 2.05) is 0 Å². The van der Waals surface area contributed by atoms with Gasteiger partial charge < -0.3 is 9.84 Å². The summed E-state index contributed by atoms with van der Waals surface area (Å²) in [5.41, 5.74) is 0. The first-order valence-electron chi connectivity index (χ1n) is 12.1. The van der Waals surface area contributed by atoms with E-state index in [4.69, 9.17) is 4.74 Å². The summed E-state index contributed by atoms with van der Waals surface area (Å²) < 4.78 is 5.31. The molecule has 3 heteroatoms. The second-order valence-electron chi connectivity index (χ2n) is 8.64. The number of esters is 1. The number of rotatable bonds is 19. The summed E-state index contributed by atoms with van der Waals surface area (Å²) in [6, 6.07) is 0. The van der Waals surface area contributed by atoms with Gasteiger partial charge in [-0.15, -0.1) is 0 Å². The van der Waals surface area contributed by atoms with Crippen LogP contribution in [0, 0.1) is 5.92 Å². The maximum Gasteiger partial charge on any atom is 0.313 e. The second-order valence-corrected chi connectivity index (χ2v) is 8.64. The molecule has 0 saturated carbocycles. The van der Waals surface area contributed by atoms with Crippen molar-refractivity contribution >= 4 is 5.97 Å². The van der Waals surface area contributed by atoms with Crippen LogP contribution in [0.3, 0.4) is 0 Å². The van der Waals surface area contributed by atoms with Crippen LogP contribution in [0.2, 0.25) is 0 Å². The third-order valence-corrected chi connectivity index (χ3v) is 6.03. The Morgan fingerprint density at radius 3 is 1.78 bits per heavy atom. The quantitative estimate of drug-likeness (QED) is 0.194. The summed E-state index contributed by atoms with van der Waals surface area (Å²) in [6.07, 6.45) is 21.4. The van der Waals surface area contributed by atoms with E-state index < -0.39 is 0 Å². The van der Waals surface area contributed by atoms with Crippen LogP contribution in [0.5, 0.6) is 0 Å². The molecule has 1 fully saturated rings. The van der Waals surface area contributed by atoms with Crippen LogP contribution >= 0.6 is 0 Å². The number of cyclic esters (lactones) is 1. The van der Waals surface area contributed by atoms with E-state index in [-0.39, 0.29) is 24.1 Å². The summed E-state index contributed by atoms with van der Waals surface area (Å²) in [5.74, 6) is 0.0138. The molecule has 1 rings (SSSR count). The number of hydrogen-bond acceptors (Lipinski definition) is 3. The number of unbranched alkanes of at least 4 members (excludes halogenated alkanes) is 13. The molecule has 0 aliphatic carbocycles. The lowest BCUT2D eigenvalue weighted by Gasteiger charge is -2.36. The maximum atomic E-state index is 11.7. The molecule has 0 aromatic carbocycles. The van der Waals surface area contributed by atoms with E-state index in [2.05, 4.69) is 13.8 Å². The van der Waals surface area contributed by atoms with Gasteiger partial charge >= 0.3 is 5.97 Å². The fourth-order valence-electron chi connectivity index (χ4n) is 4.14. The SMILES string of the molecule is CCCCCCCCCCCC[C@@H]1C(=O)O[C@H]1C[C@H](O)CCCCCCC. The van der Waals surface area contributed by atoms with Gasteiger partial charge in [0.1, 0.15) is 6.10 Å². The van der Waals surface area contributed by atoms with Crippen LogP contribution in [0.1, 0.15) is 129 Å². The largest absolute Gasteiger partial charge is 0.461 e. The molecule has 0 unspecified atom stereocenters. The third-order valence-electron chi connectivity index (χ3n) is 6.03. The molecule has 0 aromatic heterocycles. The third kappa shape index (κ3) is 11.8. The smallest absolute Gasteiger partial charge is 0.313 e. The molecular formula is C24H46O3. The van der Waals surface area contributed by atoms with Crippen molar-refractivity contribution in [2.75, 3.05) is 0 Å². The normalized spacial score (nSPS) is 20.3. The Morgan fingerprint density at radius 2 is 1.26 bits per heavy atom. The van der Waals surface area contributed by atoms with Gasteiger partial charge in [-0.2, -0.15) is 0 Å². The summed E-state index contributed by atoms with van der Waals surface area (Å²) in [6.45, 7) is 4.48. The number of carbonyl (C=O) groups is 1. The first kappa shape index (κ1) is 24.5. The van der Waals surface area contributed by atoms with Crippen molar-refractivity contribution in [3.63, 3.8) is 0 Å². The van der Waals surface area contributed by atoms with Crippen molar-refractivity contribution in [3.8, 4) is 0 Å². The molecule has 3 nitrogen and oxygen atoms in total. The molecule has 0 radical (unpaired) electrons. The van der Waals surface area contributed by atoms with Gasteiger partial charge in [-0.3, -0.25) is 4.79 Å². The summed E-state index contributed by atoms with van der Waals surface area (Å²) in [7, 11) is 0. The van der Waals surface area contributed by atoms with E-state index in [1.54, 1.807) is 0 Å². The first-order valence-corrected chi connectivity index (χ1v) is 12.1. The van der Waals surface area contributed by atoms with Crippen LogP contribution in [0.15, 0.2) is 0 Å². The lowest BCUT2D eigenvalue weighted by atomic mass is 9.86. The van der Waals surface area contributed by atoms with Gasteiger partial charge in [0.15, 0.2) is 0 Å². The van der Waals surface area contributed by atoms with E-state index in [1.165, 1.54) is 83.5 Å². The Bertz CT molecular complexity index is 356. The first-order chi connectivity index (χ1) is 13.2. The molecule has 1 aliphatic heterocycles. The fourth-order valence-corrected chi connectivity index (χ4v) is 4.14. The molecule has 0 spiro atoms. The minimum atomic E-state index is -0.306. The molecule has 1 saturated heterocycles. The molecule has 1 heterocycles. The summed E-state index contributed by atoms with van der Waals surface area (Å²) in [5, 5.41) is 10.2. The van der Waals surface area contributed by atoms with Crippen LogP contribution < -0.4 is 0 Å². The standard InChI is InChI=1S/C24H46O3/c1-3-5-7-9-10-11-12-13-15-17-19-22-23(27-24(22)26)20-21(25)18-16-14-8-6-4-2/h21-23,25H,3-20H2,1-2H3/t21-,22+,23+/m1/s1. The Hall–Kier alpha value is -0.570. The van der Waals surface area contributed by atoms with Gasteiger partial charge in [0, 0.05) is 6.42 Å². The molecule has 0 aromatic rings. The molecule has 1 N–H and O–H groups in total. The summed E-state index contributed by atoms with van der Waals surface area (Å²) in [4.78, 5) is 11.7. The average molecular weight is 383 g/mol. The molecular weight excluding hydrogens is 336 g/mol. The van der Waals surface area contributed by atoms with E-state index >= 15 is 0 Å². The zero-order valence-corrected chi connectivity index (χ0v) is 18.2. The van der Waals surface area contributed by atoms with Gasteiger partial charge in [0.25, 0.3) is 0 Å². The molecule has 1 aliphatic rings. The lowest BCUT2D eigenvalue weighted by molar-refractivity contribution is -0.188. The predicted octanol–water partition coefficient (Wildman–Crippen LogP) is 6.95. The number of ether oxygens (including phenoxy) is 1. The second kappa shape index (κ2) is 16.4. The minimum Gasteiger partial charge on any atom is -0.461 e. The number of aliphatic hydroxyl groups is 1. The van der Waals surface area contributed by atoms with E-state index in [0.717, 1.165) is 25.7 Å². The van der Waals surface area contributed by atoms with Gasteiger partial charge in [0.05, 0.1) is 12.0 Å². The van der Waals surface area contributed by atoms with Crippen molar-refractivity contribution in [2.24, 2.45) is 5.92 Å². The molecule has 0 amide bonds. The highest BCUT2D eigenvalue weighted by Gasteiger charge is 2.42. The van der Waals surface area contributed by atoms with Crippen LogP contribution in [-0.2, 0) is 9.53 Å². The van der Waals surface area contributed by atoms with Gasteiger partial charge in [-0.25, -0.2) is 0 Å². The zero-order valence-electron chi connectivity index (χ0n) is 18.2. The molecule has 0 bridgehead atoms. The Morgan fingerprint density at radius 1 is 0.778 bits per heavy atom. The Kier molecular flexibility index (Phi) is 14.9. The van der Waals surface area contributed by atoms with Crippen molar-refractivity contribution < 1.29 is 14.6 Å². The van der Waals surface area contributed by atoms with Crippen LogP contribution in [0.4, 0.5) is 0 Å². The monoisotopic (exact) mass is 382 g/mol. The van der Waals surface area contributed by atoms with Crippen molar-refractivity contribution in [1.29, 1.82) is 0 Å². The van der Waals surface area contributed by atoms with E-state index in [0.29, 0.717) is 6.42 Å². The Labute approximate surface area is 168 Å². The highest BCUT2D eigenvalue weighted by molar-refractivity contribution is 5.78. The van der Waals surface area contributed by atoms with Gasteiger partial charge in [-0.05, 0) is 12.8 Å². The van der Waals surface area contributed by atoms with Crippen molar-refractivity contribution in [3.05, 3.63) is 0 Å². The lowest BCUT2D eigenvalue weighted by Crippen LogP contribution is -2.46. The van der Waals surface area contributed by atoms with Crippen molar-refractivity contribution in [2.45, 2.75) is 142 Å². The fraction of sp³-hybridized carbons (Fsp3) is 0.958. The van der Waals surface area contributed by atoms with Crippen LogP contribution in [-0.4, -0.2) is 23.3 Å². The number of carbonyl (C=O) groups excluding carboxylic acids is 1. The highest BCUT2D eigenvalue weighted by Crippen LogP contribution is 2.31. The Balaban J connectivity index is 1.98.